The minimum Gasteiger partial charge on any atom is -0.488 e. The van der Waals surface area contributed by atoms with Crippen LogP contribution in [0.4, 0.5) is 10.5 Å². The number of nitrogens with one attached hydrogen (secondary N) is 2. The fourth-order valence-electron chi connectivity index (χ4n) is 4.16. The maximum absolute atomic E-state index is 13.3. The number of fused-ring (bicyclic) bond motifs is 1. The molecule has 2 aromatic rings. The van der Waals surface area contributed by atoms with Gasteiger partial charge in [-0.2, -0.15) is 8.42 Å². The Morgan fingerprint density at radius 1 is 1.32 bits per heavy atom. The number of aryl methyl sites for hydroxylation is 1. The standard InChI is InChI=1S/C25H38N6O6S/c1-16(2)27-25(34)30(6)12-22-17(3)11-31(18(4)14-32)24(33)10-19-9-20(7-8-21(19)37-22)28-38(35,36)23-13-29(5)15-26-23/h7-9,13,15-18,22,28,32H,10-12,14H2,1-6H3,(H,27,34)/t17-,18+,22+/m1/s1. The summed E-state index contributed by atoms with van der Waals surface area (Å²) in [4.78, 5) is 32.9. The van der Waals surface area contributed by atoms with E-state index in [1.54, 1.807) is 44.1 Å². The highest BCUT2D eigenvalue weighted by Crippen LogP contribution is 2.30. The molecule has 1 aliphatic heterocycles. The van der Waals surface area contributed by atoms with E-state index < -0.39 is 22.2 Å². The number of urea groups is 1. The largest absolute Gasteiger partial charge is 0.488 e. The van der Waals surface area contributed by atoms with Gasteiger partial charge in [-0.25, -0.2) is 9.78 Å². The summed E-state index contributed by atoms with van der Waals surface area (Å²) in [7, 11) is -0.594. The molecule has 3 N–H and O–H groups in total. The lowest BCUT2D eigenvalue weighted by Crippen LogP contribution is -2.49. The molecule has 1 aliphatic rings. The van der Waals surface area contributed by atoms with Crippen LogP contribution in [-0.2, 0) is 28.3 Å². The Balaban J connectivity index is 1.95. The highest BCUT2D eigenvalue weighted by Gasteiger charge is 2.32. The molecule has 0 saturated heterocycles. The zero-order valence-electron chi connectivity index (χ0n) is 22.7. The van der Waals surface area contributed by atoms with Crippen molar-refractivity contribution in [2.24, 2.45) is 13.0 Å². The fraction of sp³-hybridized carbons (Fsp3) is 0.560. The van der Waals surface area contributed by atoms with Crippen molar-refractivity contribution in [1.82, 2.24) is 24.7 Å². The van der Waals surface area contributed by atoms with E-state index in [0.29, 0.717) is 17.9 Å². The van der Waals surface area contributed by atoms with Crippen molar-refractivity contribution >= 4 is 27.6 Å². The highest BCUT2D eigenvalue weighted by molar-refractivity contribution is 7.92. The second-order valence-electron chi connectivity index (χ2n) is 10.2. The zero-order valence-corrected chi connectivity index (χ0v) is 23.5. The molecule has 210 valence electrons. The van der Waals surface area contributed by atoms with E-state index in [1.165, 1.54) is 22.0 Å². The zero-order chi connectivity index (χ0) is 28.2. The number of aromatic nitrogens is 2. The number of likely N-dealkylation sites (N-methyl/N-ethyl adjacent to an activating group) is 1. The molecule has 2 heterocycles. The first-order valence-electron chi connectivity index (χ1n) is 12.5. The van der Waals surface area contributed by atoms with E-state index in [1.807, 2.05) is 20.8 Å². The molecule has 0 spiro atoms. The number of nitrogens with zero attached hydrogens (tertiary/aromatic N) is 4. The molecule has 0 aliphatic carbocycles. The predicted molar refractivity (Wildman–Crippen MR) is 142 cm³/mol. The summed E-state index contributed by atoms with van der Waals surface area (Å²) < 4.78 is 36.0. The molecule has 0 fully saturated rings. The molecule has 0 bridgehead atoms. The SMILES string of the molecule is CC(C)NC(=O)N(C)C[C@@H]1Oc2ccc(NS(=O)(=O)c3cn(C)cn3)cc2CC(=O)N([C@@H](C)CO)C[C@H]1C. The molecule has 3 rings (SSSR count). The molecule has 3 atom stereocenters. The van der Waals surface area contributed by atoms with Gasteiger partial charge in [-0.3, -0.25) is 9.52 Å². The topological polar surface area (TPSA) is 146 Å². The van der Waals surface area contributed by atoms with Gasteiger partial charge in [0.15, 0.2) is 5.03 Å². The Labute approximate surface area is 224 Å². The maximum atomic E-state index is 13.3. The number of rotatable bonds is 8. The van der Waals surface area contributed by atoms with Gasteiger partial charge in [0.25, 0.3) is 10.0 Å². The van der Waals surface area contributed by atoms with Crippen molar-refractivity contribution < 1.29 is 27.9 Å². The Morgan fingerprint density at radius 3 is 2.63 bits per heavy atom. The summed E-state index contributed by atoms with van der Waals surface area (Å²) in [6, 6.07) is 4.05. The number of hydrogen-bond acceptors (Lipinski definition) is 7. The third kappa shape index (κ3) is 7.16. The van der Waals surface area contributed by atoms with Crippen LogP contribution in [0.3, 0.4) is 0 Å². The quantitative estimate of drug-likeness (QED) is 0.451. The van der Waals surface area contributed by atoms with Gasteiger partial charge in [0.1, 0.15) is 11.9 Å². The number of hydrogen-bond donors (Lipinski definition) is 3. The van der Waals surface area contributed by atoms with Gasteiger partial charge in [-0.05, 0) is 39.0 Å². The lowest BCUT2D eigenvalue weighted by Gasteiger charge is -2.34. The Bertz CT molecular complexity index is 1250. The minimum absolute atomic E-state index is 0.0312. The molecule has 38 heavy (non-hydrogen) atoms. The lowest BCUT2D eigenvalue weighted by atomic mass is 10.0. The molecule has 12 nitrogen and oxygen atoms in total. The molecule has 0 saturated carbocycles. The first-order chi connectivity index (χ1) is 17.8. The van der Waals surface area contributed by atoms with E-state index in [-0.39, 0.29) is 54.2 Å². The number of aliphatic hydroxyl groups excluding tert-OH is 1. The normalized spacial score (nSPS) is 19.1. The average molecular weight is 551 g/mol. The van der Waals surface area contributed by atoms with Crippen LogP contribution in [0.25, 0.3) is 0 Å². The maximum Gasteiger partial charge on any atom is 0.317 e. The molecule has 0 unspecified atom stereocenters. The number of carbonyl (C=O) groups excluding carboxylic acids is 2. The van der Waals surface area contributed by atoms with Crippen LogP contribution in [0.2, 0.25) is 0 Å². The van der Waals surface area contributed by atoms with Gasteiger partial charge in [0, 0.05) is 50.0 Å². The monoisotopic (exact) mass is 550 g/mol. The second kappa shape index (κ2) is 12.0. The summed E-state index contributed by atoms with van der Waals surface area (Å²) >= 11 is 0. The van der Waals surface area contributed by atoms with E-state index in [9.17, 15) is 23.1 Å². The van der Waals surface area contributed by atoms with Crippen molar-refractivity contribution in [3.63, 3.8) is 0 Å². The Hall–Kier alpha value is -3.32. The minimum atomic E-state index is -3.94. The third-order valence-electron chi connectivity index (χ3n) is 6.34. The molecular weight excluding hydrogens is 512 g/mol. The summed E-state index contributed by atoms with van der Waals surface area (Å²) in [5.74, 6) is 0.0160. The smallest absolute Gasteiger partial charge is 0.317 e. The molecular formula is C25H38N6O6S. The van der Waals surface area contributed by atoms with Crippen LogP contribution in [0, 0.1) is 5.92 Å². The summed E-state index contributed by atoms with van der Waals surface area (Å²) in [5, 5.41) is 12.5. The predicted octanol–water partition coefficient (Wildman–Crippen LogP) is 1.42. The van der Waals surface area contributed by atoms with Crippen LogP contribution >= 0.6 is 0 Å². The van der Waals surface area contributed by atoms with Crippen molar-refractivity contribution in [3.8, 4) is 5.75 Å². The van der Waals surface area contributed by atoms with E-state index in [4.69, 9.17) is 4.74 Å². The third-order valence-corrected chi connectivity index (χ3v) is 7.60. The van der Waals surface area contributed by atoms with Gasteiger partial charge in [-0.15, -0.1) is 0 Å². The van der Waals surface area contributed by atoms with E-state index in [0.717, 1.165) is 0 Å². The number of benzene rings is 1. The Morgan fingerprint density at radius 2 is 2.03 bits per heavy atom. The van der Waals surface area contributed by atoms with Crippen molar-refractivity contribution in [3.05, 3.63) is 36.3 Å². The number of ether oxygens (including phenoxy) is 1. The molecule has 3 amide bonds. The molecule has 13 heteroatoms. The lowest BCUT2D eigenvalue weighted by molar-refractivity contribution is -0.134. The fourth-order valence-corrected chi connectivity index (χ4v) is 5.19. The highest BCUT2D eigenvalue weighted by atomic mass is 32.2. The molecule has 1 aromatic heterocycles. The Kier molecular flexibility index (Phi) is 9.26. The van der Waals surface area contributed by atoms with Gasteiger partial charge in [0.2, 0.25) is 5.91 Å². The number of anilines is 1. The molecule has 1 aromatic carbocycles. The van der Waals surface area contributed by atoms with Gasteiger partial charge < -0.3 is 29.5 Å². The first-order valence-corrected chi connectivity index (χ1v) is 14.0. The van der Waals surface area contributed by atoms with Crippen LogP contribution in [0.15, 0.2) is 35.7 Å². The number of imidazole rings is 1. The van der Waals surface area contributed by atoms with Crippen molar-refractivity contribution in [1.29, 1.82) is 0 Å². The summed E-state index contributed by atoms with van der Waals surface area (Å²) in [6.45, 7) is 7.81. The van der Waals surface area contributed by atoms with E-state index in [2.05, 4.69) is 15.0 Å². The molecule has 0 radical (unpaired) electrons. The van der Waals surface area contributed by atoms with Crippen molar-refractivity contribution in [2.75, 3.05) is 31.5 Å². The first kappa shape index (κ1) is 29.2. The number of aliphatic hydroxyl groups is 1. The number of sulfonamides is 1. The average Bonchev–Trinajstić information content (AvgIpc) is 3.30. The van der Waals surface area contributed by atoms with Crippen LogP contribution in [0.5, 0.6) is 5.75 Å². The van der Waals surface area contributed by atoms with Crippen molar-refractivity contribution in [2.45, 2.75) is 57.3 Å². The van der Waals surface area contributed by atoms with Crippen LogP contribution in [0.1, 0.15) is 33.3 Å². The number of carbonyl (C=O) groups is 2. The summed E-state index contributed by atoms with van der Waals surface area (Å²) in [6.07, 6.45) is 2.25. The van der Waals surface area contributed by atoms with E-state index >= 15 is 0 Å². The van der Waals surface area contributed by atoms with Crippen LogP contribution in [-0.4, -0.2) is 89.7 Å². The van der Waals surface area contributed by atoms with Crippen LogP contribution < -0.4 is 14.8 Å². The summed E-state index contributed by atoms with van der Waals surface area (Å²) in [5.41, 5.74) is 0.740. The van der Waals surface area contributed by atoms with Gasteiger partial charge in [0.05, 0.1) is 31.9 Å². The van der Waals surface area contributed by atoms with Gasteiger partial charge >= 0.3 is 6.03 Å². The number of amides is 3. The second-order valence-corrected chi connectivity index (χ2v) is 11.8. The van der Waals surface area contributed by atoms with Gasteiger partial charge in [-0.1, -0.05) is 6.92 Å².